The standard InChI is InChI=1S/C12H20N4O2/c1-3-18-11-9(13)10(14-8-15-11)16-12(2)4-6-17-7-5-12/h8H,3-7,13H2,1-2H3,(H,14,15,16). The van der Waals surface area contributed by atoms with Crippen LogP contribution in [0, 0.1) is 0 Å². The van der Waals surface area contributed by atoms with Gasteiger partial charge in [-0.2, -0.15) is 4.98 Å². The smallest absolute Gasteiger partial charge is 0.242 e. The summed E-state index contributed by atoms with van der Waals surface area (Å²) in [6.45, 7) is 6.09. The Morgan fingerprint density at radius 3 is 2.83 bits per heavy atom. The Balaban J connectivity index is 2.15. The van der Waals surface area contributed by atoms with E-state index < -0.39 is 0 Å². The second kappa shape index (κ2) is 5.39. The summed E-state index contributed by atoms with van der Waals surface area (Å²) in [5, 5.41) is 3.39. The molecule has 0 unspecified atom stereocenters. The van der Waals surface area contributed by atoms with Crippen LogP contribution in [0.5, 0.6) is 5.88 Å². The summed E-state index contributed by atoms with van der Waals surface area (Å²) < 4.78 is 10.7. The monoisotopic (exact) mass is 252 g/mol. The molecule has 2 rings (SSSR count). The maximum atomic E-state index is 6.00. The van der Waals surface area contributed by atoms with Gasteiger partial charge >= 0.3 is 0 Å². The third-order valence-electron chi connectivity index (χ3n) is 3.14. The summed E-state index contributed by atoms with van der Waals surface area (Å²) in [5.41, 5.74) is 6.43. The highest BCUT2D eigenvalue weighted by molar-refractivity contribution is 5.67. The van der Waals surface area contributed by atoms with Gasteiger partial charge in [-0.25, -0.2) is 4.98 Å². The number of hydrogen-bond acceptors (Lipinski definition) is 6. The van der Waals surface area contributed by atoms with Crippen molar-refractivity contribution in [3.05, 3.63) is 6.33 Å². The largest absolute Gasteiger partial charge is 0.476 e. The lowest BCUT2D eigenvalue weighted by Crippen LogP contribution is -2.41. The third kappa shape index (κ3) is 2.81. The van der Waals surface area contributed by atoms with E-state index in [4.69, 9.17) is 15.2 Å². The Morgan fingerprint density at radius 1 is 1.44 bits per heavy atom. The summed E-state index contributed by atoms with van der Waals surface area (Å²) in [7, 11) is 0. The van der Waals surface area contributed by atoms with E-state index in [1.807, 2.05) is 6.92 Å². The molecule has 2 heterocycles. The van der Waals surface area contributed by atoms with Gasteiger partial charge in [-0.05, 0) is 26.7 Å². The van der Waals surface area contributed by atoms with Gasteiger partial charge in [-0.3, -0.25) is 0 Å². The molecule has 1 fully saturated rings. The van der Waals surface area contributed by atoms with E-state index in [1.165, 1.54) is 6.33 Å². The van der Waals surface area contributed by atoms with Crippen molar-refractivity contribution >= 4 is 11.5 Å². The van der Waals surface area contributed by atoms with E-state index in [2.05, 4.69) is 22.2 Å². The fraction of sp³-hybridized carbons (Fsp3) is 0.667. The average molecular weight is 252 g/mol. The average Bonchev–Trinajstić information content (AvgIpc) is 2.35. The Hall–Kier alpha value is -1.56. The van der Waals surface area contributed by atoms with Gasteiger partial charge in [-0.1, -0.05) is 0 Å². The molecule has 0 saturated carbocycles. The Kier molecular flexibility index (Phi) is 3.86. The molecule has 0 amide bonds. The number of nitrogens with one attached hydrogen (secondary N) is 1. The molecule has 1 saturated heterocycles. The van der Waals surface area contributed by atoms with Crippen LogP contribution in [-0.2, 0) is 4.74 Å². The predicted octanol–water partition coefficient (Wildman–Crippen LogP) is 1.44. The van der Waals surface area contributed by atoms with Gasteiger partial charge in [0.05, 0.1) is 6.61 Å². The molecule has 1 aromatic heterocycles. The maximum absolute atomic E-state index is 6.00. The lowest BCUT2D eigenvalue weighted by Gasteiger charge is -2.35. The molecule has 3 N–H and O–H groups in total. The summed E-state index contributed by atoms with van der Waals surface area (Å²) in [6.07, 6.45) is 3.33. The second-order valence-electron chi connectivity index (χ2n) is 4.67. The van der Waals surface area contributed by atoms with E-state index in [0.29, 0.717) is 24.0 Å². The number of ether oxygens (including phenoxy) is 2. The molecular weight excluding hydrogens is 232 g/mol. The quantitative estimate of drug-likeness (QED) is 0.843. The Labute approximate surface area is 107 Å². The first-order chi connectivity index (χ1) is 8.64. The van der Waals surface area contributed by atoms with Crippen molar-refractivity contribution in [2.45, 2.75) is 32.2 Å². The lowest BCUT2D eigenvalue weighted by molar-refractivity contribution is 0.0657. The van der Waals surface area contributed by atoms with Gasteiger partial charge in [0.25, 0.3) is 0 Å². The minimum absolute atomic E-state index is 0.0375. The lowest BCUT2D eigenvalue weighted by atomic mass is 9.92. The maximum Gasteiger partial charge on any atom is 0.242 e. The highest BCUT2D eigenvalue weighted by Crippen LogP contribution is 2.30. The molecule has 0 radical (unpaired) electrons. The molecule has 0 atom stereocenters. The van der Waals surface area contributed by atoms with Crippen LogP contribution >= 0.6 is 0 Å². The molecule has 100 valence electrons. The van der Waals surface area contributed by atoms with Gasteiger partial charge < -0.3 is 20.5 Å². The number of nitrogens with zero attached hydrogens (tertiary/aromatic N) is 2. The molecule has 1 aromatic rings. The third-order valence-corrected chi connectivity index (χ3v) is 3.14. The first kappa shape index (κ1) is 12.9. The number of rotatable bonds is 4. The molecule has 0 spiro atoms. The number of anilines is 2. The van der Waals surface area contributed by atoms with Gasteiger partial charge in [0.15, 0.2) is 5.82 Å². The number of aromatic nitrogens is 2. The van der Waals surface area contributed by atoms with Crippen LogP contribution in [0.4, 0.5) is 11.5 Å². The number of nitrogens with two attached hydrogens (primary N) is 1. The van der Waals surface area contributed by atoms with Crippen LogP contribution < -0.4 is 15.8 Å². The molecule has 6 heteroatoms. The van der Waals surface area contributed by atoms with Crippen molar-refractivity contribution in [3.63, 3.8) is 0 Å². The molecule has 0 aliphatic carbocycles. The van der Waals surface area contributed by atoms with Crippen LogP contribution in [0.3, 0.4) is 0 Å². The first-order valence-corrected chi connectivity index (χ1v) is 6.24. The van der Waals surface area contributed by atoms with Crippen molar-refractivity contribution in [1.29, 1.82) is 0 Å². The number of hydrogen-bond donors (Lipinski definition) is 2. The van der Waals surface area contributed by atoms with Crippen LogP contribution in [0.2, 0.25) is 0 Å². The highest BCUT2D eigenvalue weighted by Gasteiger charge is 2.28. The van der Waals surface area contributed by atoms with E-state index in [-0.39, 0.29) is 5.54 Å². The van der Waals surface area contributed by atoms with Crippen LogP contribution in [0.25, 0.3) is 0 Å². The fourth-order valence-corrected chi connectivity index (χ4v) is 1.96. The zero-order valence-electron chi connectivity index (χ0n) is 10.9. The summed E-state index contributed by atoms with van der Waals surface area (Å²) in [4.78, 5) is 8.21. The molecule has 18 heavy (non-hydrogen) atoms. The van der Waals surface area contributed by atoms with Gasteiger partial charge in [0, 0.05) is 18.8 Å². The van der Waals surface area contributed by atoms with Crippen LogP contribution in [-0.4, -0.2) is 35.3 Å². The SMILES string of the molecule is CCOc1ncnc(NC2(C)CCOCC2)c1N. The molecule has 1 aliphatic rings. The van der Waals surface area contributed by atoms with E-state index in [0.717, 1.165) is 26.1 Å². The molecular formula is C12H20N4O2. The topological polar surface area (TPSA) is 82.3 Å². The molecule has 0 aromatic carbocycles. The summed E-state index contributed by atoms with van der Waals surface area (Å²) in [6, 6.07) is 0. The molecule has 0 bridgehead atoms. The highest BCUT2D eigenvalue weighted by atomic mass is 16.5. The normalized spacial score (nSPS) is 18.3. The zero-order chi connectivity index (χ0) is 13.0. The minimum Gasteiger partial charge on any atom is -0.476 e. The predicted molar refractivity (Wildman–Crippen MR) is 69.7 cm³/mol. The van der Waals surface area contributed by atoms with Gasteiger partial charge in [0.1, 0.15) is 12.0 Å². The van der Waals surface area contributed by atoms with Gasteiger partial charge in [-0.15, -0.1) is 0 Å². The van der Waals surface area contributed by atoms with Crippen molar-refractivity contribution in [1.82, 2.24) is 9.97 Å². The zero-order valence-corrected chi connectivity index (χ0v) is 10.9. The Morgan fingerprint density at radius 2 is 2.17 bits per heavy atom. The minimum atomic E-state index is -0.0375. The van der Waals surface area contributed by atoms with Crippen LogP contribution in [0.15, 0.2) is 6.33 Å². The van der Waals surface area contributed by atoms with Crippen molar-refractivity contribution in [2.75, 3.05) is 30.9 Å². The summed E-state index contributed by atoms with van der Waals surface area (Å²) in [5.74, 6) is 1.07. The fourth-order valence-electron chi connectivity index (χ4n) is 1.96. The van der Waals surface area contributed by atoms with E-state index in [1.54, 1.807) is 0 Å². The van der Waals surface area contributed by atoms with E-state index in [9.17, 15) is 0 Å². The first-order valence-electron chi connectivity index (χ1n) is 6.24. The number of nitrogen functional groups attached to an aromatic ring is 1. The van der Waals surface area contributed by atoms with E-state index >= 15 is 0 Å². The molecule has 1 aliphatic heterocycles. The second-order valence-corrected chi connectivity index (χ2v) is 4.67. The molecule has 6 nitrogen and oxygen atoms in total. The summed E-state index contributed by atoms with van der Waals surface area (Å²) >= 11 is 0. The van der Waals surface area contributed by atoms with Gasteiger partial charge in [0.2, 0.25) is 5.88 Å². The van der Waals surface area contributed by atoms with Crippen molar-refractivity contribution in [2.24, 2.45) is 0 Å². The van der Waals surface area contributed by atoms with Crippen molar-refractivity contribution < 1.29 is 9.47 Å². The Bertz CT molecular complexity index is 405. The van der Waals surface area contributed by atoms with Crippen LogP contribution in [0.1, 0.15) is 26.7 Å². The van der Waals surface area contributed by atoms with Crippen molar-refractivity contribution in [3.8, 4) is 5.88 Å².